The number of benzene rings is 2. The van der Waals surface area contributed by atoms with Crippen LogP contribution in [0.1, 0.15) is 149 Å². The molecule has 128 heavy (non-hydrogen) atoms. The Morgan fingerprint density at radius 1 is 0.469 bits per heavy atom. The maximum absolute atomic E-state index is 14.6. The first kappa shape index (κ1) is 93.2. The third-order valence-electron chi connectivity index (χ3n) is 25.1. The number of carbonyl (C=O) groups excluding carboxylic acids is 8. The minimum absolute atomic E-state index is 0.0947. The van der Waals surface area contributed by atoms with E-state index >= 15 is 0 Å². The van der Waals surface area contributed by atoms with Crippen molar-refractivity contribution in [1.29, 1.82) is 0 Å². The number of aryl methyl sites for hydroxylation is 2. The molecule has 8 aliphatic rings. The summed E-state index contributed by atoms with van der Waals surface area (Å²) in [6.45, 7) is 7.03. The Bertz CT molecular complexity index is 5230. The summed E-state index contributed by atoms with van der Waals surface area (Å²) in [4.78, 5) is 179. The van der Waals surface area contributed by atoms with Crippen LogP contribution in [0, 0.1) is 0 Å². The van der Waals surface area contributed by atoms with Gasteiger partial charge < -0.3 is 116 Å². The number of rotatable bonds is 41. The predicted octanol–water partition coefficient (Wildman–Crippen LogP) is 5.57. The summed E-state index contributed by atoms with van der Waals surface area (Å²) >= 11 is 0. The van der Waals surface area contributed by atoms with Gasteiger partial charge in [0.05, 0.1) is 131 Å². The van der Waals surface area contributed by atoms with Gasteiger partial charge in [-0.1, -0.05) is 40.5 Å². The highest BCUT2D eigenvalue weighted by Crippen LogP contribution is 2.46. The summed E-state index contributed by atoms with van der Waals surface area (Å²) < 4.78 is 83.7. The van der Waals surface area contributed by atoms with Gasteiger partial charge in [0.15, 0.2) is 0 Å². The normalized spacial score (nSPS) is 18.8. The number of hydrogen-bond acceptors (Lipinski definition) is 30. The number of nitrogens with zero attached hydrogens (tertiary/aromatic N) is 8. The largest absolute Gasteiger partial charge is 0.480 e. The lowest BCUT2D eigenvalue weighted by atomic mass is 9.85. The first-order chi connectivity index (χ1) is 62.0. The van der Waals surface area contributed by atoms with Gasteiger partial charge in [0.1, 0.15) is 69.8 Å². The highest BCUT2D eigenvalue weighted by atomic mass is 16.6. The fourth-order valence-electron chi connectivity index (χ4n) is 18.5. The molecule has 2 unspecified atom stereocenters. The number of ether oxygens (including phenoxy) is 14. The predicted molar refractivity (Wildman–Crippen MR) is 453 cm³/mol. The van der Waals surface area contributed by atoms with E-state index in [2.05, 4.69) is 20.4 Å². The zero-order chi connectivity index (χ0) is 90.2. The summed E-state index contributed by atoms with van der Waals surface area (Å²) in [6, 6.07) is 14.7. The molecular weight excluding hydrogens is 1670 g/mol. The van der Waals surface area contributed by atoms with Crippen molar-refractivity contribution >= 4 is 81.6 Å². The molecule has 14 rings (SSSR count). The number of hydrogen-bond donors (Lipinski definition) is 4. The van der Waals surface area contributed by atoms with E-state index in [0.29, 0.717) is 96.4 Å². The van der Waals surface area contributed by atoms with E-state index in [4.69, 9.17) is 86.5 Å². The zero-order valence-electron chi connectivity index (χ0n) is 72.8. The van der Waals surface area contributed by atoms with Crippen molar-refractivity contribution in [1.82, 2.24) is 49.3 Å². The second kappa shape index (κ2) is 42.5. The standard InChI is InChI=1S/C90H112N10O28/c1-5-60-62-39-58(125-86(113)97-27-19-56(20-28-97)95-23-11-9-12-24-95)15-17-70(62)93-80-64(60)45-99-72(80)41-68-66(82(99)109)47-122-84(111)89(68,7-3)127-78(107)43-91-74(101)49-115-31-34-119-53-88(54-120-35-32-117-51-76(103)104,55-121-36-33-118-52-77(105)106)124-38-37-116-50-75(102)92-44-79(108)128-90(8-4)69-42-73-81-65(46-100(73)83(110)67(69)48-123-85(90)112)61(6-2)63-40-59(16-18-71(63)94-81)126-87(114)98-29-21-57(22-30-98)96-25-13-10-14-26-96/h15-18,39-42,56-57H,5-14,19-38,43-55H2,1-4H3,(H,91,101)(H,92,102)(H,103,104)(H,105,106). The molecular formula is C90H112N10O28. The quantitative estimate of drug-likeness (QED) is 0.0207. The van der Waals surface area contributed by atoms with Crippen LogP contribution in [-0.2, 0) is 146 Å². The van der Waals surface area contributed by atoms with Gasteiger partial charge in [0.2, 0.25) is 23.0 Å². The fraction of sp³-hybridized carbons (Fsp3) is 0.578. The Morgan fingerprint density at radius 2 is 0.844 bits per heavy atom. The number of carboxylic acid groups (broad SMARTS) is 2. The lowest BCUT2D eigenvalue weighted by molar-refractivity contribution is -0.189. The van der Waals surface area contributed by atoms with Crippen LogP contribution in [0.25, 0.3) is 44.6 Å². The number of pyridine rings is 4. The van der Waals surface area contributed by atoms with Crippen molar-refractivity contribution < 1.29 is 124 Å². The van der Waals surface area contributed by atoms with Gasteiger partial charge in [-0.25, -0.2) is 38.7 Å². The average molecular weight is 1780 g/mol. The van der Waals surface area contributed by atoms with E-state index in [1.54, 1.807) is 81.3 Å². The van der Waals surface area contributed by atoms with E-state index in [1.165, 1.54) is 38.5 Å². The molecule has 2 aromatic carbocycles. The van der Waals surface area contributed by atoms with Crippen molar-refractivity contribution in [2.24, 2.45) is 0 Å². The number of amides is 4. The second-order valence-corrected chi connectivity index (χ2v) is 33.1. The molecule has 38 heteroatoms. The molecule has 0 saturated carbocycles. The van der Waals surface area contributed by atoms with E-state index in [9.17, 15) is 57.5 Å². The summed E-state index contributed by atoms with van der Waals surface area (Å²) in [5.41, 5.74) is -0.0558. The first-order valence-electron chi connectivity index (χ1n) is 44.3. The minimum Gasteiger partial charge on any atom is -0.480 e. The molecule has 0 spiro atoms. The Morgan fingerprint density at radius 3 is 1.22 bits per heavy atom. The Labute approximate surface area is 737 Å². The Kier molecular flexibility index (Phi) is 31.0. The fourth-order valence-corrected chi connectivity index (χ4v) is 18.5. The van der Waals surface area contributed by atoms with Gasteiger partial charge >= 0.3 is 48.0 Å². The molecule has 6 aromatic rings. The van der Waals surface area contributed by atoms with Gasteiger partial charge in [-0.15, -0.1) is 0 Å². The zero-order valence-corrected chi connectivity index (χ0v) is 72.8. The smallest absolute Gasteiger partial charge is 0.415 e. The van der Waals surface area contributed by atoms with Crippen LogP contribution in [-0.4, -0.2) is 291 Å². The van der Waals surface area contributed by atoms with E-state index in [-0.39, 0.29) is 121 Å². The van der Waals surface area contributed by atoms with Gasteiger partial charge in [0.25, 0.3) is 11.1 Å². The number of fused-ring (bicyclic) bond motifs is 10. The lowest BCUT2D eigenvalue weighted by Crippen LogP contribution is -2.49. The number of carboxylic acids is 2. The highest BCUT2D eigenvalue weighted by Gasteiger charge is 2.53. The molecule has 4 amide bonds. The van der Waals surface area contributed by atoms with Gasteiger partial charge in [-0.3, -0.25) is 28.8 Å². The second-order valence-electron chi connectivity index (χ2n) is 33.1. The van der Waals surface area contributed by atoms with Gasteiger partial charge in [0, 0.05) is 71.3 Å². The number of esters is 4. The number of nitrogens with one attached hydrogen (secondary N) is 2. The summed E-state index contributed by atoms with van der Waals surface area (Å²) in [6.07, 6.45) is 10.8. The van der Waals surface area contributed by atoms with Crippen LogP contribution in [0.5, 0.6) is 11.5 Å². The number of aliphatic carboxylic acids is 2. The molecule has 0 aliphatic carbocycles. The number of carbonyl (C=O) groups is 10. The minimum atomic E-state index is -2.11. The summed E-state index contributed by atoms with van der Waals surface area (Å²) in [5.74, 6) is -7.20. The molecule has 4 saturated heterocycles. The monoisotopic (exact) mass is 1780 g/mol. The van der Waals surface area contributed by atoms with Gasteiger partial charge in [-0.2, -0.15) is 0 Å². The van der Waals surface area contributed by atoms with Crippen LogP contribution >= 0.6 is 0 Å². The van der Waals surface area contributed by atoms with Crippen LogP contribution in [0.4, 0.5) is 9.59 Å². The molecule has 4 N–H and O–H groups in total. The van der Waals surface area contributed by atoms with Crippen LogP contribution in [0.3, 0.4) is 0 Å². The third kappa shape index (κ3) is 21.1. The Hall–Kier alpha value is -10.9. The molecule has 690 valence electrons. The maximum atomic E-state index is 14.6. The maximum Gasteiger partial charge on any atom is 0.415 e. The Balaban J connectivity index is 0.558. The third-order valence-corrected chi connectivity index (χ3v) is 25.1. The number of cyclic esters (lactones) is 2. The average Bonchev–Trinajstić information content (AvgIpc) is 1.53. The SMILES string of the molecule is CCc1c2c(nc3ccc(OC(=O)N4CCC(N5CCCCC5)CC4)cc13)-c1cc3c(c(=O)n1C2)COC(=O)C3(CC)OC(=O)CNC(=O)COCCOCC(COCCOCC(=O)O)(COCCOCC(=O)O)OCCOCC(=O)NCC(=O)OC1(CC)C(=O)OCc2c1cc1n(c2=O)Cc2c-1nc1ccc(OC(=O)N3CCC(N4CCCCC4)CC3)cc1c2CC. The molecule has 0 bridgehead atoms. The van der Waals surface area contributed by atoms with Crippen molar-refractivity contribution in [3.8, 4) is 34.3 Å². The van der Waals surface area contributed by atoms with Crippen LogP contribution < -0.4 is 31.2 Å². The summed E-state index contributed by atoms with van der Waals surface area (Å²) in [5, 5.41) is 24.6. The van der Waals surface area contributed by atoms with E-state index in [1.807, 2.05) is 13.8 Å². The van der Waals surface area contributed by atoms with Gasteiger partial charge in [-0.05, 0) is 163 Å². The van der Waals surface area contributed by atoms with Crippen LogP contribution in [0.15, 0.2) is 58.1 Å². The highest BCUT2D eigenvalue weighted by molar-refractivity contribution is 5.94. The summed E-state index contributed by atoms with van der Waals surface area (Å²) in [7, 11) is 0. The molecule has 12 heterocycles. The van der Waals surface area contributed by atoms with Crippen molar-refractivity contribution in [3.05, 3.63) is 114 Å². The number of piperidine rings is 4. The lowest BCUT2D eigenvalue weighted by Gasteiger charge is -2.39. The van der Waals surface area contributed by atoms with Crippen molar-refractivity contribution in [3.63, 3.8) is 0 Å². The number of likely N-dealkylation sites (tertiary alicyclic amines) is 4. The molecule has 0 radical (unpaired) electrons. The topological polar surface area (TPSA) is 447 Å². The van der Waals surface area contributed by atoms with Crippen molar-refractivity contribution in [2.45, 2.75) is 173 Å². The molecule has 4 aromatic heterocycles. The van der Waals surface area contributed by atoms with E-state index in [0.717, 1.165) is 84.9 Å². The van der Waals surface area contributed by atoms with Crippen molar-refractivity contribution in [2.75, 3.05) is 165 Å². The first-order valence-corrected chi connectivity index (χ1v) is 44.3. The number of aromatic nitrogens is 4. The van der Waals surface area contributed by atoms with E-state index < -0.39 is 140 Å². The molecule has 38 nitrogen and oxygen atoms in total. The molecule has 2 atom stereocenters. The molecule has 8 aliphatic heterocycles. The van der Waals surface area contributed by atoms with Crippen LogP contribution in [0.2, 0.25) is 0 Å². The molecule has 4 fully saturated rings.